The lowest BCUT2D eigenvalue weighted by molar-refractivity contribution is -0.132. The summed E-state index contributed by atoms with van der Waals surface area (Å²) in [4.78, 5) is 1.90. The Labute approximate surface area is 124 Å². The van der Waals surface area contributed by atoms with E-state index in [1.807, 2.05) is 29.2 Å². The summed E-state index contributed by atoms with van der Waals surface area (Å²) in [5.74, 6) is 0. The van der Waals surface area contributed by atoms with Crippen LogP contribution in [0.4, 0.5) is 18.9 Å². The van der Waals surface area contributed by atoms with Gasteiger partial charge in [0.1, 0.15) is 0 Å². The Bertz CT molecular complexity index is 467. The Kier molecular flexibility index (Phi) is 4.81. The Morgan fingerprint density at radius 2 is 1.86 bits per heavy atom. The first kappa shape index (κ1) is 16.1. The molecule has 0 bridgehead atoms. The predicted molar refractivity (Wildman–Crippen MR) is 79.5 cm³/mol. The Morgan fingerprint density at radius 3 is 2.48 bits per heavy atom. The average Bonchev–Trinajstić information content (AvgIpc) is 2.62. The third-order valence-electron chi connectivity index (χ3n) is 4.50. The minimum absolute atomic E-state index is 0.0178. The van der Waals surface area contributed by atoms with Crippen LogP contribution in [-0.4, -0.2) is 24.8 Å². The van der Waals surface area contributed by atoms with E-state index in [0.717, 1.165) is 24.1 Å². The lowest BCUT2D eigenvalue weighted by Crippen LogP contribution is -2.51. The molecule has 1 aromatic rings. The van der Waals surface area contributed by atoms with Crippen molar-refractivity contribution in [3.8, 4) is 0 Å². The van der Waals surface area contributed by atoms with E-state index < -0.39 is 12.6 Å². The van der Waals surface area contributed by atoms with Crippen molar-refractivity contribution in [1.29, 1.82) is 0 Å². The molecule has 1 N–H and O–H groups in total. The van der Waals surface area contributed by atoms with Crippen LogP contribution < -0.4 is 10.2 Å². The van der Waals surface area contributed by atoms with Crippen LogP contribution in [0.25, 0.3) is 0 Å². The molecule has 1 aliphatic rings. The molecule has 0 saturated carbocycles. The maximum absolute atomic E-state index is 12.6. The number of hydrogen-bond acceptors (Lipinski definition) is 2. The number of rotatable bonds is 4. The molecule has 5 heteroatoms. The molecule has 21 heavy (non-hydrogen) atoms. The lowest BCUT2D eigenvalue weighted by Gasteiger charge is -2.36. The largest absolute Gasteiger partial charge is 0.390 e. The van der Waals surface area contributed by atoms with Gasteiger partial charge in [0.2, 0.25) is 0 Å². The van der Waals surface area contributed by atoms with E-state index in [4.69, 9.17) is 0 Å². The molecule has 118 valence electrons. The van der Waals surface area contributed by atoms with E-state index in [9.17, 15) is 13.2 Å². The molecule has 0 saturated heterocycles. The number of nitrogens with zero attached hydrogens (tertiary/aromatic N) is 1. The summed E-state index contributed by atoms with van der Waals surface area (Å²) in [7, 11) is 0. The number of halogens is 3. The van der Waals surface area contributed by atoms with Crippen LogP contribution >= 0.6 is 0 Å². The van der Waals surface area contributed by atoms with Gasteiger partial charge in [-0.15, -0.1) is 0 Å². The molecule has 2 nitrogen and oxygen atoms in total. The molecule has 0 aliphatic carbocycles. The molecule has 0 amide bonds. The molecule has 0 atom stereocenters. The lowest BCUT2D eigenvalue weighted by atomic mass is 9.92. The number of alkyl halides is 3. The molecule has 1 heterocycles. The molecule has 0 unspecified atom stereocenters. The van der Waals surface area contributed by atoms with Crippen molar-refractivity contribution in [1.82, 2.24) is 5.32 Å². The maximum Gasteiger partial charge on any atom is 0.390 e. The summed E-state index contributed by atoms with van der Waals surface area (Å²) < 4.78 is 37.8. The highest BCUT2D eigenvalue weighted by atomic mass is 19.4. The van der Waals surface area contributed by atoms with Crippen molar-refractivity contribution in [2.24, 2.45) is 0 Å². The van der Waals surface area contributed by atoms with Crippen LogP contribution in [0.2, 0.25) is 0 Å². The highest BCUT2D eigenvalue weighted by Gasteiger charge is 2.34. The number of hydrogen-bond donors (Lipinski definition) is 1. The van der Waals surface area contributed by atoms with Gasteiger partial charge < -0.3 is 10.2 Å². The first-order valence-corrected chi connectivity index (χ1v) is 7.54. The molecule has 0 spiro atoms. The summed E-state index contributed by atoms with van der Waals surface area (Å²) in [6.45, 7) is 5.53. The van der Waals surface area contributed by atoms with Gasteiger partial charge in [-0.3, -0.25) is 0 Å². The topological polar surface area (TPSA) is 15.3 Å². The fourth-order valence-electron chi connectivity index (χ4n) is 2.94. The minimum Gasteiger partial charge on any atom is -0.369 e. The molecule has 1 aliphatic heterocycles. The van der Waals surface area contributed by atoms with Crippen molar-refractivity contribution in [3.63, 3.8) is 0 Å². The zero-order valence-electron chi connectivity index (χ0n) is 12.6. The van der Waals surface area contributed by atoms with E-state index >= 15 is 0 Å². The zero-order chi connectivity index (χ0) is 15.5. The SMILES string of the molecule is CCC1(CC)CN(CCC(F)(F)F)c2ccccc2CN1. The molecule has 1 aromatic carbocycles. The summed E-state index contributed by atoms with van der Waals surface area (Å²) in [6.07, 6.45) is -3.08. The second kappa shape index (κ2) is 6.26. The predicted octanol–water partition coefficient (Wildman–Crippen LogP) is 4.11. The van der Waals surface area contributed by atoms with Crippen molar-refractivity contribution in [2.75, 3.05) is 18.0 Å². The molecule has 0 aromatic heterocycles. The molecular weight excluding hydrogens is 277 g/mol. The van der Waals surface area contributed by atoms with E-state index in [2.05, 4.69) is 19.2 Å². The Balaban J connectivity index is 2.27. The molecule has 0 fully saturated rings. The first-order valence-electron chi connectivity index (χ1n) is 7.54. The molecule has 2 rings (SSSR count). The van der Waals surface area contributed by atoms with Crippen molar-refractivity contribution < 1.29 is 13.2 Å². The van der Waals surface area contributed by atoms with E-state index in [1.165, 1.54) is 0 Å². The highest BCUT2D eigenvalue weighted by molar-refractivity contribution is 5.55. The van der Waals surface area contributed by atoms with Gasteiger partial charge in [-0.1, -0.05) is 32.0 Å². The molecular formula is C16H23F3N2. The third kappa shape index (κ3) is 3.90. The van der Waals surface area contributed by atoms with E-state index in [1.54, 1.807) is 0 Å². The average molecular weight is 300 g/mol. The van der Waals surface area contributed by atoms with Crippen molar-refractivity contribution >= 4 is 5.69 Å². The van der Waals surface area contributed by atoms with E-state index in [-0.39, 0.29) is 12.1 Å². The van der Waals surface area contributed by atoms with Crippen LogP contribution in [0.5, 0.6) is 0 Å². The fraction of sp³-hybridized carbons (Fsp3) is 0.625. The quantitative estimate of drug-likeness (QED) is 0.900. The summed E-state index contributed by atoms with van der Waals surface area (Å²) in [6, 6.07) is 7.75. The van der Waals surface area contributed by atoms with Crippen LogP contribution in [0, 0.1) is 0 Å². The summed E-state index contributed by atoms with van der Waals surface area (Å²) in [5, 5.41) is 3.55. The van der Waals surface area contributed by atoms with Crippen molar-refractivity contribution in [3.05, 3.63) is 29.8 Å². The van der Waals surface area contributed by atoms with Crippen LogP contribution in [-0.2, 0) is 6.54 Å². The Morgan fingerprint density at radius 1 is 1.19 bits per heavy atom. The fourth-order valence-corrected chi connectivity index (χ4v) is 2.94. The minimum atomic E-state index is -4.12. The van der Waals surface area contributed by atoms with E-state index in [0.29, 0.717) is 13.1 Å². The van der Waals surface area contributed by atoms with Crippen molar-refractivity contribution in [2.45, 2.75) is 51.4 Å². The first-order chi connectivity index (χ1) is 9.89. The number of anilines is 1. The monoisotopic (exact) mass is 300 g/mol. The number of nitrogens with one attached hydrogen (secondary N) is 1. The van der Waals surface area contributed by atoms with Crippen LogP contribution in [0.3, 0.4) is 0 Å². The number of benzene rings is 1. The number of para-hydroxylation sites is 1. The van der Waals surface area contributed by atoms with Gasteiger partial charge in [-0.25, -0.2) is 0 Å². The zero-order valence-corrected chi connectivity index (χ0v) is 12.6. The highest BCUT2D eigenvalue weighted by Crippen LogP contribution is 2.31. The van der Waals surface area contributed by atoms with Crippen LogP contribution in [0.15, 0.2) is 24.3 Å². The van der Waals surface area contributed by atoms with Gasteiger partial charge in [0, 0.05) is 30.9 Å². The third-order valence-corrected chi connectivity index (χ3v) is 4.50. The van der Waals surface area contributed by atoms with Crippen LogP contribution in [0.1, 0.15) is 38.7 Å². The maximum atomic E-state index is 12.6. The smallest absolute Gasteiger partial charge is 0.369 e. The normalized spacial score (nSPS) is 18.2. The second-order valence-electron chi connectivity index (χ2n) is 5.76. The summed E-state index contributed by atoms with van der Waals surface area (Å²) in [5.41, 5.74) is 1.88. The number of fused-ring (bicyclic) bond motifs is 1. The standard InChI is InChI=1S/C16H23F3N2/c1-3-15(4-2)12-21(10-9-16(17,18)19)14-8-6-5-7-13(14)11-20-15/h5-8,20H,3-4,9-12H2,1-2H3. The summed E-state index contributed by atoms with van der Waals surface area (Å²) >= 11 is 0. The Hall–Kier alpha value is -1.23. The van der Waals surface area contributed by atoms with Gasteiger partial charge in [0.15, 0.2) is 0 Å². The van der Waals surface area contributed by atoms with Gasteiger partial charge in [-0.2, -0.15) is 13.2 Å². The second-order valence-corrected chi connectivity index (χ2v) is 5.76. The molecule has 0 radical (unpaired) electrons. The van der Waals surface area contributed by atoms with Gasteiger partial charge in [0.25, 0.3) is 0 Å². The van der Waals surface area contributed by atoms with Gasteiger partial charge in [-0.05, 0) is 24.5 Å². The van der Waals surface area contributed by atoms with Gasteiger partial charge >= 0.3 is 6.18 Å². The van der Waals surface area contributed by atoms with Gasteiger partial charge in [0.05, 0.1) is 6.42 Å².